The number of piperidine rings is 1. The highest BCUT2D eigenvalue weighted by atomic mass is 32.2. The Hall–Kier alpha value is -1.60. The second-order valence-corrected chi connectivity index (χ2v) is 8.13. The minimum absolute atomic E-state index is 0.0174. The van der Waals surface area contributed by atoms with E-state index in [0.717, 1.165) is 43.4 Å². The van der Waals surface area contributed by atoms with Gasteiger partial charge in [-0.2, -0.15) is 0 Å². The lowest BCUT2D eigenvalue weighted by atomic mass is 9.97. The lowest BCUT2D eigenvalue weighted by Crippen LogP contribution is -2.43. The number of amides is 1. The van der Waals surface area contributed by atoms with Crippen LogP contribution >= 0.6 is 0 Å². The molecule has 1 N–H and O–H groups in total. The van der Waals surface area contributed by atoms with E-state index in [2.05, 4.69) is 4.72 Å². The van der Waals surface area contributed by atoms with Crippen LogP contribution in [0.1, 0.15) is 28.8 Å². The van der Waals surface area contributed by atoms with E-state index in [4.69, 9.17) is 4.74 Å². The number of benzene rings is 1. The van der Waals surface area contributed by atoms with Gasteiger partial charge < -0.3 is 9.64 Å². The van der Waals surface area contributed by atoms with Gasteiger partial charge in [-0.3, -0.25) is 4.79 Å². The molecule has 1 atom stereocenters. The summed E-state index contributed by atoms with van der Waals surface area (Å²) in [5.41, 5.74) is 1.77. The molecule has 1 fully saturated rings. The van der Waals surface area contributed by atoms with E-state index in [-0.39, 0.29) is 11.8 Å². The second-order valence-electron chi connectivity index (χ2n) is 6.30. The van der Waals surface area contributed by atoms with E-state index >= 15 is 0 Å². The third-order valence-corrected chi connectivity index (χ3v) is 5.07. The third-order valence-electron chi connectivity index (χ3n) is 4.38. The van der Waals surface area contributed by atoms with Crippen molar-refractivity contribution in [2.24, 2.45) is 5.92 Å². The maximum atomic E-state index is 12.7. The van der Waals surface area contributed by atoms with Gasteiger partial charge in [-0.05, 0) is 42.5 Å². The van der Waals surface area contributed by atoms with Crippen molar-refractivity contribution < 1.29 is 17.9 Å². The molecule has 126 valence electrons. The summed E-state index contributed by atoms with van der Waals surface area (Å²) >= 11 is 0. The number of fused-ring (bicyclic) bond motifs is 1. The van der Waals surface area contributed by atoms with Crippen molar-refractivity contribution in [2.75, 3.05) is 32.5 Å². The first-order valence-electron chi connectivity index (χ1n) is 7.92. The minimum atomic E-state index is -3.19. The van der Waals surface area contributed by atoms with Crippen LogP contribution in [0, 0.1) is 5.92 Å². The fourth-order valence-corrected chi connectivity index (χ4v) is 3.73. The lowest BCUT2D eigenvalue weighted by molar-refractivity contribution is 0.0676. The zero-order valence-corrected chi connectivity index (χ0v) is 14.1. The largest absolute Gasteiger partial charge is 0.493 e. The fourth-order valence-electron chi connectivity index (χ4n) is 3.19. The zero-order valence-electron chi connectivity index (χ0n) is 13.2. The van der Waals surface area contributed by atoms with Crippen molar-refractivity contribution in [1.29, 1.82) is 0 Å². The van der Waals surface area contributed by atoms with E-state index in [1.54, 1.807) is 0 Å². The average Bonchev–Trinajstić information content (AvgIpc) is 2.99. The molecule has 0 unspecified atom stereocenters. The van der Waals surface area contributed by atoms with Gasteiger partial charge in [0.05, 0.1) is 12.9 Å². The van der Waals surface area contributed by atoms with Crippen LogP contribution in [0.5, 0.6) is 5.75 Å². The highest BCUT2D eigenvalue weighted by Gasteiger charge is 2.26. The second kappa shape index (κ2) is 6.49. The van der Waals surface area contributed by atoms with Gasteiger partial charge in [0.15, 0.2) is 0 Å². The smallest absolute Gasteiger partial charge is 0.253 e. The summed E-state index contributed by atoms with van der Waals surface area (Å²) in [5, 5.41) is 0. The predicted molar refractivity (Wildman–Crippen MR) is 87.1 cm³/mol. The highest BCUT2D eigenvalue weighted by molar-refractivity contribution is 7.88. The van der Waals surface area contributed by atoms with E-state index in [1.807, 2.05) is 23.1 Å². The Labute approximate surface area is 136 Å². The van der Waals surface area contributed by atoms with Crippen LogP contribution in [-0.2, 0) is 16.4 Å². The summed E-state index contributed by atoms with van der Waals surface area (Å²) in [5.74, 6) is 1.05. The Morgan fingerprint density at radius 1 is 1.43 bits per heavy atom. The van der Waals surface area contributed by atoms with Gasteiger partial charge >= 0.3 is 0 Å². The minimum Gasteiger partial charge on any atom is -0.493 e. The quantitative estimate of drug-likeness (QED) is 0.889. The first-order chi connectivity index (χ1) is 10.9. The number of nitrogens with zero attached hydrogens (tertiary/aromatic N) is 1. The van der Waals surface area contributed by atoms with Crippen molar-refractivity contribution in [2.45, 2.75) is 19.3 Å². The molecule has 2 aliphatic rings. The Bertz CT molecular complexity index is 702. The third kappa shape index (κ3) is 4.03. The molecular weight excluding hydrogens is 316 g/mol. The van der Waals surface area contributed by atoms with Gasteiger partial charge in [-0.25, -0.2) is 13.1 Å². The normalized spacial score (nSPS) is 20.9. The molecule has 3 rings (SSSR count). The molecular formula is C16H22N2O4S. The molecule has 7 heteroatoms. The van der Waals surface area contributed by atoms with Gasteiger partial charge in [-0.15, -0.1) is 0 Å². The molecule has 23 heavy (non-hydrogen) atoms. The Balaban J connectivity index is 1.65. The Kier molecular flexibility index (Phi) is 4.59. The number of carbonyl (C=O) groups excluding carboxylic acids is 1. The van der Waals surface area contributed by atoms with Crippen molar-refractivity contribution in [3.63, 3.8) is 0 Å². The van der Waals surface area contributed by atoms with Crippen LogP contribution in [0.15, 0.2) is 18.2 Å². The monoisotopic (exact) mass is 338 g/mol. The molecule has 1 aromatic rings. The topological polar surface area (TPSA) is 75.7 Å². The molecule has 0 aromatic heterocycles. The highest BCUT2D eigenvalue weighted by Crippen LogP contribution is 2.27. The molecule has 1 saturated heterocycles. The first-order valence-corrected chi connectivity index (χ1v) is 9.81. The predicted octanol–water partition coefficient (Wildman–Crippen LogP) is 1.02. The van der Waals surface area contributed by atoms with Crippen molar-refractivity contribution in [1.82, 2.24) is 9.62 Å². The van der Waals surface area contributed by atoms with Crippen LogP contribution in [-0.4, -0.2) is 51.7 Å². The van der Waals surface area contributed by atoms with Gasteiger partial charge in [0, 0.05) is 31.6 Å². The number of ether oxygens (including phenoxy) is 1. The van der Waals surface area contributed by atoms with Crippen molar-refractivity contribution in [3.8, 4) is 5.75 Å². The van der Waals surface area contributed by atoms with Gasteiger partial charge in [0.1, 0.15) is 5.75 Å². The fraction of sp³-hybridized carbons (Fsp3) is 0.562. The van der Waals surface area contributed by atoms with Gasteiger partial charge in [-0.1, -0.05) is 0 Å². The molecule has 1 aromatic carbocycles. The molecule has 1 amide bonds. The van der Waals surface area contributed by atoms with Gasteiger partial charge in [0.2, 0.25) is 10.0 Å². The van der Waals surface area contributed by atoms with Crippen LogP contribution in [0.3, 0.4) is 0 Å². The molecule has 0 aliphatic carbocycles. The maximum Gasteiger partial charge on any atom is 0.253 e. The summed E-state index contributed by atoms with van der Waals surface area (Å²) in [4.78, 5) is 14.5. The van der Waals surface area contributed by atoms with Crippen LogP contribution in [0.2, 0.25) is 0 Å². The number of likely N-dealkylation sites (tertiary alicyclic amines) is 1. The number of sulfonamides is 1. The summed E-state index contributed by atoms with van der Waals surface area (Å²) in [7, 11) is -3.19. The van der Waals surface area contributed by atoms with Crippen LogP contribution < -0.4 is 9.46 Å². The molecule has 0 saturated carbocycles. The molecule has 0 bridgehead atoms. The van der Waals surface area contributed by atoms with E-state index in [9.17, 15) is 13.2 Å². The molecule has 2 aliphatic heterocycles. The molecule has 0 radical (unpaired) electrons. The average molecular weight is 338 g/mol. The Morgan fingerprint density at radius 2 is 2.26 bits per heavy atom. The van der Waals surface area contributed by atoms with E-state index in [1.165, 1.54) is 0 Å². The summed E-state index contributed by atoms with van der Waals surface area (Å²) in [6.07, 6.45) is 3.84. The van der Waals surface area contributed by atoms with E-state index in [0.29, 0.717) is 25.3 Å². The Morgan fingerprint density at radius 3 is 3.04 bits per heavy atom. The van der Waals surface area contributed by atoms with Crippen LogP contribution in [0.25, 0.3) is 0 Å². The van der Waals surface area contributed by atoms with Crippen molar-refractivity contribution in [3.05, 3.63) is 29.3 Å². The van der Waals surface area contributed by atoms with Crippen molar-refractivity contribution >= 4 is 15.9 Å². The lowest BCUT2D eigenvalue weighted by Gasteiger charge is -2.33. The maximum absolute atomic E-state index is 12.7. The van der Waals surface area contributed by atoms with Crippen LogP contribution in [0.4, 0.5) is 0 Å². The summed E-state index contributed by atoms with van der Waals surface area (Å²) in [6, 6.07) is 5.59. The number of nitrogens with one attached hydrogen (secondary N) is 1. The molecule has 2 heterocycles. The number of hydrogen-bond donors (Lipinski definition) is 1. The molecule has 6 nitrogen and oxygen atoms in total. The number of carbonyl (C=O) groups is 1. The summed E-state index contributed by atoms with van der Waals surface area (Å²) in [6.45, 7) is 2.38. The summed E-state index contributed by atoms with van der Waals surface area (Å²) < 4.78 is 30.4. The van der Waals surface area contributed by atoms with E-state index < -0.39 is 10.0 Å². The number of hydrogen-bond acceptors (Lipinski definition) is 4. The number of rotatable bonds is 4. The molecule has 0 spiro atoms. The van der Waals surface area contributed by atoms with Gasteiger partial charge in [0.25, 0.3) is 5.91 Å². The standard InChI is InChI=1S/C16H22N2O4S/c1-23(20,21)17-10-12-3-2-7-18(11-12)16(19)14-4-5-15-13(9-14)6-8-22-15/h4-5,9,12,17H,2-3,6-8,10-11H2,1H3/t12-/m0/s1. The first kappa shape index (κ1) is 16.3. The zero-order chi connectivity index (χ0) is 16.4. The SMILES string of the molecule is CS(=O)(=O)NC[C@@H]1CCCN(C(=O)c2ccc3c(c2)CCO3)C1.